The largest absolute Gasteiger partial charge is 0.493 e. The van der Waals surface area contributed by atoms with Crippen LogP contribution in [0.3, 0.4) is 0 Å². The summed E-state index contributed by atoms with van der Waals surface area (Å²) < 4.78 is 70.6. The summed E-state index contributed by atoms with van der Waals surface area (Å²) in [6.07, 6.45) is 24.8. The molecule has 2 aromatic carbocycles. The SMILES string of the molecule is CN(CCOCC1CCC(CNC(=O)C2CCC(NC(=O)CCCOC3CCC(OCCNC(=O)[C@H]4CC(=O)N(C)[C@@H]4c4cccnc4)CC3)CC2)CC1)C[C@H]1CCCC[C@@H]1Nc1cc(F)c(S(=O)(=O)Nc2nc3ccc(OCC4CCCC4)cc3s2)cc1Cl. The second-order valence-electron chi connectivity index (χ2n) is 26.4. The second-order valence-corrected chi connectivity index (χ2v) is 29.5. The third kappa shape index (κ3) is 19.2. The number of anilines is 2. The number of hydrogen-bond donors (Lipinski definition) is 5. The number of amides is 4. The van der Waals surface area contributed by atoms with Gasteiger partial charge >= 0.3 is 0 Å². The van der Waals surface area contributed by atoms with Gasteiger partial charge in [0.15, 0.2) is 5.13 Å². The molecular formula is C67H95ClFN9O10S2. The number of likely N-dealkylation sites (tertiary alicyclic amines) is 1. The van der Waals surface area contributed by atoms with Crippen LogP contribution in [0.4, 0.5) is 15.2 Å². The Bertz CT molecular complexity index is 3100. The third-order valence-electron chi connectivity index (χ3n) is 19.8. The van der Waals surface area contributed by atoms with Gasteiger partial charge in [-0.2, -0.15) is 0 Å². The van der Waals surface area contributed by atoms with E-state index in [9.17, 15) is 27.6 Å². The number of rotatable bonds is 30. The summed E-state index contributed by atoms with van der Waals surface area (Å²) in [4.78, 5) is 63.7. The molecule has 90 heavy (non-hydrogen) atoms. The zero-order valence-electron chi connectivity index (χ0n) is 52.6. The van der Waals surface area contributed by atoms with Gasteiger partial charge in [0, 0.05) is 89.7 Å². The number of halogens is 2. The lowest BCUT2D eigenvalue weighted by molar-refractivity contribution is -0.128. The second kappa shape index (κ2) is 33.1. The number of pyridine rings is 1. The Labute approximate surface area is 540 Å². The van der Waals surface area contributed by atoms with E-state index >= 15 is 4.39 Å². The number of fused-ring (bicyclic) bond motifs is 1. The molecule has 1 aliphatic heterocycles. The van der Waals surface area contributed by atoms with Crippen molar-refractivity contribution in [1.29, 1.82) is 0 Å². The molecule has 1 saturated heterocycles. The fourth-order valence-corrected chi connectivity index (χ4v) is 17.0. The highest BCUT2D eigenvalue weighted by atomic mass is 35.5. The maximum absolute atomic E-state index is 15.8. The summed E-state index contributed by atoms with van der Waals surface area (Å²) >= 11 is 7.88. The van der Waals surface area contributed by atoms with E-state index in [2.05, 4.69) is 47.9 Å². The van der Waals surface area contributed by atoms with Crippen molar-refractivity contribution in [2.24, 2.45) is 35.5 Å². The Morgan fingerprint density at radius 2 is 1.53 bits per heavy atom. The zero-order chi connectivity index (χ0) is 63.0. The molecule has 10 rings (SSSR count). The first-order valence-corrected chi connectivity index (χ1v) is 36.1. The lowest BCUT2D eigenvalue weighted by Crippen LogP contribution is -2.42. The number of sulfonamides is 1. The van der Waals surface area contributed by atoms with Crippen LogP contribution in [0.15, 0.2) is 59.8 Å². The van der Waals surface area contributed by atoms with Crippen LogP contribution in [0.5, 0.6) is 5.75 Å². The summed E-state index contributed by atoms with van der Waals surface area (Å²) in [6.45, 7) is 5.65. The fraction of sp³-hybridized carbons (Fsp3) is 0.672. The van der Waals surface area contributed by atoms with E-state index in [-0.39, 0.29) is 82.4 Å². The number of nitrogens with zero attached hydrogens (tertiary/aromatic N) is 4. The molecule has 0 radical (unpaired) electrons. The van der Waals surface area contributed by atoms with E-state index in [4.69, 9.17) is 30.5 Å². The Balaban J connectivity index is 0.535. The zero-order valence-corrected chi connectivity index (χ0v) is 55.0. The summed E-state index contributed by atoms with van der Waals surface area (Å²) in [7, 11) is -0.501. The van der Waals surface area contributed by atoms with Crippen LogP contribution in [-0.4, -0.2) is 149 Å². The minimum atomic E-state index is -4.34. The number of carbonyl (C=O) groups excluding carboxylic acids is 4. The van der Waals surface area contributed by atoms with Crippen molar-refractivity contribution in [2.75, 3.05) is 83.3 Å². The average Bonchev–Trinajstić information content (AvgIpc) is 1.58. The molecule has 2 aromatic heterocycles. The lowest BCUT2D eigenvalue weighted by atomic mass is 9.82. The Morgan fingerprint density at radius 3 is 2.29 bits per heavy atom. The van der Waals surface area contributed by atoms with Gasteiger partial charge in [-0.1, -0.05) is 54.7 Å². The molecule has 6 aliphatic rings. The van der Waals surface area contributed by atoms with Gasteiger partial charge in [-0.15, -0.1) is 0 Å². The van der Waals surface area contributed by atoms with Crippen molar-refractivity contribution in [3.8, 4) is 5.75 Å². The highest BCUT2D eigenvalue weighted by Gasteiger charge is 2.43. The molecule has 6 fully saturated rings. The standard InChI is InChI=1S/C67H95ClFN9O10S2/c1-77(41-49-11-5-6-13-57(49)74-59-38-56(69)61(37-55(59)68)90(83,84)76-67-75-58-28-27-53(35-60(58)89-67)88-43-45-9-3-4-10-45)31-34-85-42-46-17-15-44(16-18-46)39-72-65(81)47-19-21-50(22-20-47)73-62(79)14-8-32-86-51-23-25-52(26-24-51)87-33-30-71-66(82)54-36-63(80)78(2)64(54)48-12-7-29-70-40-48/h7,12,27-29,35,37-38,40,44-47,49-52,54,57,64,74H,3-6,8-11,13-26,30-34,36,39,41-43H2,1-2H3,(H,71,82)(H,72,81)(H,73,79)(H,75,76)/t44?,46?,47?,49-,50?,51?,52?,54+,57+,64-/m1/s1. The molecule has 19 nitrogen and oxygen atoms in total. The van der Waals surface area contributed by atoms with Crippen molar-refractivity contribution in [3.63, 3.8) is 0 Å². The molecule has 23 heteroatoms. The molecular weight excluding hydrogens is 1210 g/mol. The third-order valence-corrected chi connectivity index (χ3v) is 22.6. The first kappa shape index (κ1) is 67.7. The van der Waals surface area contributed by atoms with Crippen LogP contribution in [0.1, 0.15) is 159 Å². The van der Waals surface area contributed by atoms with E-state index in [0.29, 0.717) is 81.3 Å². The van der Waals surface area contributed by atoms with Crippen molar-refractivity contribution < 1.29 is 50.9 Å². The van der Waals surface area contributed by atoms with Gasteiger partial charge in [-0.3, -0.25) is 28.9 Å². The first-order chi connectivity index (χ1) is 43.6. The number of likely N-dealkylation sites (N-methyl/N-ethyl adjacent to an activating group) is 1. The van der Waals surface area contributed by atoms with E-state index in [1.807, 2.05) is 24.3 Å². The number of thiazole rings is 1. The maximum Gasteiger partial charge on any atom is 0.266 e. The summed E-state index contributed by atoms with van der Waals surface area (Å²) in [6, 6.07) is 11.4. The van der Waals surface area contributed by atoms with Gasteiger partial charge in [0.1, 0.15) is 16.5 Å². The molecule has 3 heterocycles. The summed E-state index contributed by atoms with van der Waals surface area (Å²) in [5, 5.41) is 13.2. The van der Waals surface area contributed by atoms with E-state index in [0.717, 1.165) is 138 Å². The number of hydrogen-bond acceptors (Lipinski definition) is 15. The Morgan fingerprint density at radius 1 is 0.811 bits per heavy atom. The van der Waals surface area contributed by atoms with Crippen molar-refractivity contribution in [1.82, 2.24) is 35.7 Å². The smallest absolute Gasteiger partial charge is 0.266 e. The molecule has 494 valence electrons. The summed E-state index contributed by atoms with van der Waals surface area (Å²) in [5.74, 6) is 1.13. The molecule has 5 aliphatic carbocycles. The molecule has 5 saturated carbocycles. The number of benzene rings is 2. The van der Waals surface area contributed by atoms with Gasteiger partial charge in [0.2, 0.25) is 23.6 Å². The topological polar surface area (TPSA) is 232 Å². The highest BCUT2D eigenvalue weighted by Crippen LogP contribution is 2.39. The van der Waals surface area contributed by atoms with Crippen LogP contribution in [0, 0.1) is 41.3 Å². The molecule has 5 N–H and O–H groups in total. The fourth-order valence-electron chi connectivity index (χ4n) is 14.5. The summed E-state index contributed by atoms with van der Waals surface area (Å²) in [5.41, 5.74) is 1.85. The van der Waals surface area contributed by atoms with Gasteiger partial charge in [0.05, 0.1) is 64.9 Å². The molecule has 4 amide bonds. The predicted octanol–water partition coefficient (Wildman–Crippen LogP) is 10.8. The monoisotopic (exact) mass is 1300 g/mol. The van der Waals surface area contributed by atoms with Gasteiger partial charge in [0.25, 0.3) is 10.0 Å². The quantitative estimate of drug-likeness (QED) is 0.0306. The van der Waals surface area contributed by atoms with Gasteiger partial charge in [-0.25, -0.2) is 17.8 Å². The molecule has 0 unspecified atom stereocenters. The van der Waals surface area contributed by atoms with Crippen molar-refractivity contribution in [3.05, 3.63) is 71.3 Å². The van der Waals surface area contributed by atoms with Crippen LogP contribution >= 0.6 is 22.9 Å². The normalized spacial score (nSPS) is 26.0. The minimum Gasteiger partial charge on any atom is -0.493 e. The maximum atomic E-state index is 15.8. The predicted molar refractivity (Wildman–Crippen MR) is 347 cm³/mol. The van der Waals surface area contributed by atoms with Gasteiger partial charge in [-0.05, 0) is 182 Å². The van der Waals surface area contributed by atoms with E-state index < -0.39 is 26.7 Å². The minimum absolute atomic E-state index is 0.0182. The van der Waals surface area contributed by atoms with Crippen molar-refractivity contribution >= 4 is 77.6 Å². The average molecular weight is 1310 g/mol. The molecule has 0 bridgehead atoms. The van der Waals surface area contributed by atoms with E-state index in [1.165, 1.54) is 49.2 Å². The molecule has 4 atom stereocenters. The highest BCUT2D eigenvalue weighted by molar-refractivity contribution is 7.93. The lowest BCUT2D eigenvalue weighted by Gasteiger charge is -2.35. The number of ether oxygens (including phenoxy) is 4. The number of carbonyl (C=O) groups is 4. The number of nitrogens with one attached hydrogen (secondary N) is 5. The number of aromatic nitrogens is 2. The molecule has 4 aromatic rings. The van der Waals surface area contributed by atoms with Crippen LogP contribution in [0.25, 0.3) is 10.2 Å². The Hall–Kier alpha value is -5.23. The molecule has 0 spiro atoms. The van der Waals surface area contributed by atoms with Gasteiger partial charge < -0.3 is 50.0 Å². The van der Waals surface area contributed by atoms with Crippen LogP contribution in [0.2, 0.25) is 5.02 Å². The first-order valence-electron chi connectivity index (χ1n) is 33.4. The van der Waals surface area contributed by atoms with E-state index in [1.54, 1.807) is 30.4 Å². The van der Waals surface area contributed by atoms with Crippen LogP contribution in [-0.2, 0) is 43.4 Å². The van der Waals surface area contributed by atoms with Crippen molar-refractivity contribution in [2.45, 2.75) is 183 Å². The Kier molecular flexibility index (Phi) is 24.8. The van der Waals surface area contributed by atoms with Crippen LogP contribution < -0.4 is 30.7 Å².